The van der Waals surface area contributed by atoms with Crippen molar-refractivity contribution in [2.45, 2.75) is 18.6 Å². The zero-order valence-electron chi connectivity index (χ0n) is 14.9. The average Bonchev–Trinajstić information content (AvgIpc) is 2.58. The number of halogens is 5. The number of hydrogen-bond acceptors (Lipinski definition) is 5. The smallest absolute Gasteiger partial charge is 0.390 e. The van der Waals surface area contributed by atoms with E-state index in [1.807, 2.05) is 4.90 Å². The third kappa shape index (κ3) is 6.26. The first kappa shape index (κ1) is 24.9. The quantitative estimate of drug-likeness (QED) is 0.763. The molecule has 10 heteroatoms. The molecule has 1 atom stereocenters. The largest absolute Gasteiger partial charge is 0.496 e. The summed E-state index contributed by atoms with van der Waals surface area (Å²) in [5, 5.41) is 3.15. The van der Waals surface area contributed by atoms with Crippen molar-refractivity contribution in [3.63, 3.8) is 0 Å². The molecule has 1 aliphatic rings. The summed E-state index contributed by atoms with van der Waals surface area (Å²) in [6, 6.07) is 2.30. The number of benzene rings is 1. The monoisotopic (exact) mass is 420 g/mol. The predicted molar refractivity (Wildman–Crippen MR) is 98.4 cm³/mol. The van der Waals surface area contributed by atoms with Crippen LogP contribution in [0.5, 0.6) is 17.2 Å². The van der Waals surface area contributed by atoms with E-state index in [9.17, 15) is 13.2 Å². The molecule has 0 amide bonds. The Labute approximate surface area is 164 Å². The summed E-state index contributed by atoms with van der Waals surface area (Å²) in [4.78, 5) is 1.82. The lowest BCUT2D eigenvalue weighted by molar-refractivity contribution is -0.149. The second kappa shape index (κ2) is 10.9. The second-order valence-electron chi connectivity index (χ2n) is 5.57. The summed E-state index contributed by atoms with van der Waals surface area (Å²) >= 11 is 0. The molecule has 1 aromatic carbocycles. The molecule has 2 rings (SSSR count). The highest BCUT2D eigenvalue weighted by atomic mass is 35.5. The number of nitrogens with zero attached hydrogens (tertiary/aromatic N) is 1. The van der Waals surface area contributed by atoms with Gasteiger partial charge in [-0.15, -0.1) is 24.8 Å². The summed E-state index contributed by atoms with van der Waals surface area (Å²) in [6.45, 7) is 2.35. The van der Waals surface area contributed by atoms with Gasteiger partial charge in [0.1, 0.15) is 17.2 Å². The molecule has 0 spiro atoms. The van der Waals surface area contributed by atoms with Crippen molar-refractivity contribution in [2.75, 3.05) is 47.5 Å². The molecule has 1 N–H and O–H groups in total. The van der Waals surface area contributed by atoms with Gasteiger partial charge >= 0.3 is 6.18 Å². The van der Waals surface area contributed by atoms with E-state index < -0.39 is 18.6 Å². The molecule has 0 unspecified atom stereocenters. The zero-order valence-corrected chi connectivity index (χ0v) is 16.5. The van der Waals surface area contributed by atoms with Crippen molar-refractivity contribution in [3.8, 4) is 17.2 Å². The van der Waals surface area contributed by atoms with Crippen LogP contribution in [0, 0.1) is 0 Å². The number of hydrogen-bond donors (Lipinski definition) is 1. The van der Waals surface area contributed by atoms with Gasteiger partial charge in [0.25, 0.3) is 0 Å². The van der Waals surface area contributed by atoms with E-state index in [0.717, 1.165) is 0 Å². The van der Waals surface area contributed by atoms with Crippen LogP contribution in [0.25, 0.3) is 0 Å². The normalized spacial score (nSPS) is 16.1. The Morgan fingerprint density at radius 2 is 1.50 bits per heavy atom. The van der Waals surface area contributed by atoms with E-state index in [1.54, 1.807) is 12.1 Å². The average molecular weight is 421 g/mol. The number of methoxy groups -OCH3 is 3. The minimum absolute atomic E-state index is 0. The van der Waals surface area contributed by atoms with Gasteiger partial charge < -0.3 is 19.5 Å². The van der Waals surface area contributed by atoms with Crippen molar-refractivity contribution >= 4 is 24.8 Å². The second-order valence-corrected chi connectivity index (χ2v) is 5.57. The molecule has 0 saturated carbocycles. The molecule has 152 valence electrons. The van der Waals surface area contributed by atoms with Crippen LogP contribution in [0.3, 0.4) is 0 Å². The molecule has 0 aliphatic carbocycles. The van der Waals surface area contributed by atoms with Crippen LogP contribution in [0.1, 0.15) is 18.0 Å². The summed E-state index contributed by atoms with van der Waals surface area (Å²) in [7, 11) is 4.34. The molecular weight excluding hydrogens is 396 g/mol. The highest BCUT2D eigenvalue weighted by Crippen LogP contribution is 2.44. The molecule has 1 aliphatic heterocycles. The lowest BCUT2D eigenvalue weighted by Gasteiger charge is -2.36. The van der Waals surface area contributed by atoms with Crippen molar-refractivity contribution < 1.29 is 27.4 Å². The molecule has 26 heavy (non-hydrogen) atoms. The number of ether oxygens (including phenoxy) is 3. The summed E-state index contributed by atoms with van der Waals surface area (Å²) < 4.78 is 55.5. The van der Waals surface area contributed by atoms with E-state index in [0.29, 0.717) is 49.0 Å². The van der Waals surface area contributed by atoms with Crippen molar-refractivity contribution in [3.05, 3.63) is 17.7 Å². The first-order valence-corrected chi connectivity index (χ1v) is 7.71. The third-order valence-electron chi connectivity index (χ3n) is 4.10. The highest BCUT2D eigenvalue weighted by Gasteiger charge is 2.38. The van der Waals surface area contributed by atoms with Crippen LogP contribution in [-0.4, -0.2) is 58.6 Å². The molecule has 1 heterocycles. The van der Waals surface area contributed by atoms with E-state index in [-0.39, 0.29) is 24.8 Å². The van der Waals surface area contributed by atoms with Gasteiger partial charge in [0.2, 0.25) is 0 Å². The maximum Gasteiger partial charge on any atom is 0.390 e. The Kier molecular flexibility index (Phi) is 10.5. The van der Waals surface area contributed by atoms with E-state index in [1.165, 1.54) is 21.3 Å². The van der Waals surface area contributed by atoms with Gasteiger partial charge in [-0.05, 0) is 0 Å². The van der Waals surface area contributed by atoms with Gasteiger partial charge in [0, 0.05) is 38.3 Å². The zero-order chi connectivity index (χ0) is 17.7. The van der Waals surface area contributed by atoms with Gasteiger partial charge in [0.15, 0.2) is 0 Å². The summed E-state index contributed by atoms with van der Waals surface area (Å²) in [5.74, 6) is 1.14. The molecule has 0 bridgehead atoms. The first-order valence-electron chi connectivity index (χ1n) is 7.71. The molecule has 0 aromatic heterocycles. The van der Waals surface area contributed by atoms with Crippen LogP contribution < -0.4 is 19.5 Å². The van der Waals surface area contributed by atoms with Crippen LogP contribution in [0.4, 0.5) is 13.2 Å². The van der Waals surface area contributed by atoms with Gasteiger partial charge in [0.05, 0.1) is 39.4 Å². The predicted octanol–water partition coefficient (Wildman–Crippen LogP) is 3.45. The van der Waals surface area contributed by atoms with Gasteiger partial charge in [-0.3, -0.25) is 4.90 Å². The fourth-order valence-corrected chi connectivity index (χ4v) is 2.99. The van der Waals surface area contributed by atoms with Gasteiger partial charge in [-0.25, -0.2) is 0 Å². The SMILES string of the molecule is COc1cc(OC)c([C@@H](CC(F)(F)F)N2CCNCC2)c(OC)c1.Cl.Cl. The fourth-order valence-electron chi connectivity index (χ4n) is 2.99. The lowest BCUT2D eigenvalue weighted by atomic mass is 9.98. The topological polar surface area (TPSA) is 43.0 Å². The summed E-state index contributed by atoms with van der Waals surface area (Å²) in [6.07, 6.45) is -5.27. The molecular formula is C16H25Cl2F3N2O3. The van der Waals surface area contributed by atoms with Crippen molar-refractivity contribution in [1.29, 1.82) is 0 Å². The Hall–Kier alpha value is -1.09. The number of rotatable bonds is 6. The first-order chi connectivity index (χ1) is 11.4. The van der Waals surface area contributed by atoms with Crippen molar-refractivity contribution in [2.24, 2.45) is 0 Å². The minimum atomic E-state index is -4.30. The van der Waals surface area contributed by atoms with E-state index >= 15 is 0 Å². The third-order valence-corrected chi connectivity index (χ3v) is 4.10. The van der Waals surface area contributed by atoms with Crippen LogP contribution in [-0.2, 0) is 0 Å². The summed E-state index contributed by atoms with van der Waals surface area (Å²) in [5.41, 5.74) is 0.403. The molecule has 1 aromatic rings. The Morgan fingerprint density at radius 3 is 1.88 bits per heavy atom. The molecule has 0 radical (unpaired) electrons. The van der Waals surface area contributed by atoms with Crippen LogP contribution in [0.15, 0.2) is 12.1 Å². The lowest BCUT2D eigenvalue weighted by Crippen LogP contribution is -2.46. The number of nitrogens with one attached hydrogen (secondary N) is 1. The molecule has 1 saturated heterocycles. The maximum absolute atomic E-state index is 13.2. The van der Waals surface area contributed by atoms with Crippen LogP contribution >= 0.6 is 24.8 Å². The van der Waals surface area contributed by atoms with Crippen LogP contribution in [0.2, 0.25) is 0 Å². The fraction of sp³-hybridized carbons (Fsp3) is 0.625. The standard InChI is InChI=1S/C16H23F3N2O3.2ClH/c1-22-11-8-13(23-2)15(14(9-11)24-3)12(10-16(17,18)19)21-6-4-20-5-7-21;;/h8-9,12,20H,4-7,10H2,1-3H3;2*1H/t12-;;/m1../s1. The van der Waals surface area contributed by atoms with Crippen molar-refractivity contribution in [1.82, 2.24) is 10.2 Å². The maximum atomic E-state index is 13.2. The molecule has 1 fully saturated rings. The Morgan fingerprint density at radius 1 is 1.00 bits per heavy atom. The van der Waals surface area contributed by atoms with Gasteiger partial charge in [-0.2, -0.15) is 13.2 Å². The number of piperazine rings is 1. The Balaban J connectivity index is 0.00000312. The number of alkyl halides is 3. The highest BCUT2D eigenvalue weighted by molar-refractivity contribution is 5.85. The minimum Gasteiger partial charge on any atom is -0.496 e. The van der Waals surface area contributed by atoms with E-state index in [2.05, 4.69) is 5.32 Å². The molecule has 5 nitrogen and oxygen atoms in total. The van der Waals surface area contributed by atoms with E-state index in [4.69, 9.17) is 14.2 Å². The van der Waals surface area contributed by atoms with Gasteiger partial charge in [-0.1, -0.05) is 0 Å². The Bertz CT molecular complexity index is 531.